The first kappa shape index (κ1) is 6.72. The molecule has 0 aromatic heterocycles. The minimum absolute atomic E-state index is 0.849. The Morgan fingerprint density at radius 2 is 2.20 bits per heavy atom. The van der Waals surface area contributed by atoms with Crippen LogP contribution in [0.2, 0.25) is 0 Å². The molecule has 1 heteroatoms. The van der Waals surface area contributed by atoms with Crippen molar-refractivity contribution in [3.63, 3.8) is 0 Å². The van der Waals surface area contributed by atoms with Crippen LogP contribution in [0, 0.1) is 17.8 Å². The van der Waals surface area contributed by atoms with Gasteiger partial charge in [0.05, 0.1) is 0 Å². The van der Waals surface area contributed by atoms with Gasteiger partial charge in [0.25, 0.3) is 0 Å². The first-order chi connectivity index (χ1) is 4.90. The van der Waals surface area contributed by atoms with Crippen molar-refractivity contribution >= 4 is 11.6 Å². The van der Waals surface area contributed by atoms with Gasteiger partial charge in [0.2, 0.25) is 0 Å². The van der Waals surface area contributed by atoms with E-state index in [-0.39, 0.29) is 0 Å². The van der Waals surface area contributed by atoms with Crippen LogP contribution in [-0.2, 0) is 0 Å². The minimum Gasteiger partial charge on any atom is -0.127 e. The lowest BCUT2D eigenvalue weighted by Gasteiger charge is -2.15. The lowest BCUT2D eigenvalue weighted by Crippen LogP contribution is -2.06. The van der Waals surface area contributed by atoms with Crippen LogP contribution in [0.5, 0.6) is 0 Å². The molecule has 0 N–H and O–H groups in total. The van der Waals surface area contributed by atoms with E-state index in [1.807, 2.05) is 0 Å². The number of hydrogen-bond donors (Lipinski definition) is 0. The molecular weight excluding hydrogens is 144 g/mol. The predicted octanol–water partition coefficient (Wildman–Crippen LogP) is 2.83. The smallest absolute Gasteiger partial charge is 0.0226 e. The Labute approximate surface area is 67.3 Å². The molecule has 2 aliphatic carbocycles. The highest BCUT2D eigenvalue weighted by molar-refractivity contribution is 6.17. The van der Waals surface area contributed by atoms with Crippen molar-refractivity contribution in [2.75, 3.05) is 5.88 Å². The summed E-state index contributed by atoms with van der Waals surface area (Å²) in [4.78, 5) is 0. The topological polar surface area (TPSA) is 0 Å². The molecule has 2 aliphatic rings. The molecule has 0 aromatic rings. The molecule has 0 radical (unpaired) electrons. The SMILES string of the molecule is ClCCC1CC2C=CC1C2. The highest BCUT2D eigenvalue weighted by atomic mass is 35.5. The number of fused-ring (bicyclic) bond motifs is 2. The molecule has 1 saturated carbocycles. The predicted molar refractivity (Wildman–Crippen MR) is 44.2 cm³/mol. The highest BCUT2D eigenvalue weighted by Gasteiger charge is 2.34. The summed E-state index contributed by atoms with van der Waals surface area (Å²) in [6, 6.07) is 0. The average Bonchev–Trinajstić information content (AvgIpc) is 2.48. The molecule has 56 valence electrons. The minimum atomic E-state index is 0.849. The van der Waals surface area contributed by atoms with Crippen LogP contribution in [0.15, 0.2) is 12.2 Å². The fourth-order valence-corrected chi connectivity index (χ4v) is 2.65. The van der Waals surface area contributed by atoms with Gasteiger partial charge in [-0.25, -0.2) is 0 Å². The zero-order valence-corrected chi connectivity index (χ0v) is 6.85. The van der Waals surface area contributed by atoms with E-state index in [1.54, 1.807) is 0 Å². The fraction of sp³-hybridized carbons (Fsp3) is 0.778. The number of hydrogen-bond acceptors (Lipinski definition) is 0. The number of allylic oxidation sites excluding steroid dienone is 2. The second-order valence-corrected chi connectivity index (χ2v) is 3.90. The molecule has 3 unspecified atom stereocenters. The summed E-state index contributed by atoms with van der Waals surface area (Å²) in [5.41, 5.74) is 0. The molecular formula is C9H13Cl. The summed E-state index contributed by atoms with van der Waals surface area (Å²) in [5.74, 6) is 3.58. The molecule has 2 bridgehead atoms. The lowest BCUT2D eigenvalue weighted by atomic mass is 9.91. The van der Waals surface area contributed by atoms with E-state index in [2.05, 4.69) is 12.2 Å². The van der Waals surface area contributed by atoms with Crippen LogP contribution >= 0.6 is 11.6 Å². The lowest BCUT2D eigenvalue weighted by molar-refractivity contribution is 0.436. The van der Waals surface area contributed by atoms with Crippen LogP contribution in [0.25, 0.3) is 0 Å². The van der Waals surface area contributed by atoms with Gasteiger partial charge in [0, 0.05) is 5.88 Å². The van der Waals surface area contributed by atoms with Crippen LogP contribution in [0.4, 0.5) is 0 Å². The molecule has 10 heavy (non-hydrogen) atoms. The summed E-state index contributed by atoms with van der Waals surface area (Å²) in [7, 11) is 0. The Balaban J connectivity index is 1.96. The summed E-state index contributed by atoms with van der Waals surface area (Å²) >= 11 is 5.69. The maximum atomic E-state index is 5.69. The Morgan fingerprint density at radius 3 is 2.70 bits per heavy atom. The zero-order chi connectivity index (χ0) is 6.97. The van der Waals surface area contributed by atoms with Gasteiger partial charge >= 0.3 is 0 Å². The van der Waals surface area contributed by atoms with Crippen molar-refractivity contribution in [1.82, 2.24) is 0 Å². The van der Waals surface area contributed by atoms with Crippen LogP contribution in [0.3, 0.4) is 0 Å². The van der Waals surface area contributed by atoms with E-state index >= 15 is 0 Å². The van der Waals surface area contributed by atoms with E-state index in [9.17, 15) is 0 Å². The molecule has 0 spiro atoms. The monoisotopic (exact) mass is 156 g/mol. The van der Waals surface area contributed by atoms with E-state index in [4.69, 9.17) is 11.6 Å². The summed E-state index contributed by atoms with van der Waals surface area (Å²) < 4.78 is 0. The standard InChI is InChI=1S/C9H13Cl/c10-4-3-9-6-7-1-2-8(9)5-7/h1-2,7-9H,3-6H2. The molecule has 1 fully saturated rings. The molecule has 3 atom stereocenters. The van der Waals surface area contributed by atoms with Gasteiger partial charge < -0.3 is 0 Å². The molecule has 0 heterocycles. The molecule has 0 aromatic carbocycles. The second-order valence-electron chi connectivity index (χ2n) is 3.52. The Bertz CT molecular complexity index is 151. The van der Waals surface area contributed by atoms with E-state index in [0.717, 1.165) is 23.6 Å². The van der Waals surface area contributed by atoms with Gasteiger partial charge in [-0.1, -0.05) is 12.2 Å². The first-order valence-corrected chi connectivity index (χ1v) is 4.68. The largest absolute Gasteiger partial charge is 0.127 e. The maximum absolute atomic E-state index is 5.69. The van der Waals surface area contributed by atoms with Gasteiger partial charge in [-0.3, -0.25) is 0 Å². The second kappa shape index (κ2) is 2.58. The van der Waals surface area contributed by atoms with Gasteiger partial charge in [0.15, 0.2) is 0 Å². The van der Waals surface area contributed by atoms with Crippen molar-refractivity contribution in [1.29, 1.82) is 0 Å². The molecule has 0 saturated heterocycles. The van der Waals surface area contributed by atoms with Gasteiger partial charge in [-0.05, 0) is 37.0 Å². The third-order valence-electron chi connectivity index (χ3n) is 2.90. The van der Waals surface area contributed by atoms with Crippen molar-refractivity contribution in [3.8, 4) is 0 Å². The molecule has 0 amide bonds. The first-order valence-electron chi connectivity index (χ1n) is 4.14. The van der Waals surface area contributed by atoms with Gasteiger partial charge in [0.1, 0.15) is 0 Å². The third kappa shape index (κ3) is 0.989. The zero-order valence-electron chi connectivity index (χ0n) is 6.09. The molecule has 2 rings (SSSR count). The van der Waals surface area contributed by atoms with E-state index in [1.165, 1.54) is 19.3 Å². The number of rotatable bonds is 2. The van der Waals surface area contributed by atoms with Crippen LogP contribution in [0.1, 0.15) is 19.3 Å². The van der Waals surface area contributed by atoms with E-state index in [0.29, 0.717) is 0 Å². The van der Waals surface area contributed by atoms with E-state index < -0.39 is 0 Å². The maximum Gasteiger partial charge on any atom is 0.0226 e. The molecule has 0 aliphatic heterocycles. The van der Waals surface area contributed by atoms with Gasteiger partial charge in [-0.2, -0.15) is 0 Å². The highest BCUT2D eigenvalue weighted by Crippen LogP contribution is 2.44. The van der Waals surface area contributed by atoms with Crippen LogP contribution < -0.4 is 0 Å². The molecule has 0 nitrogen and oxygen atoms in total. The van der Waals surface area contributed by atoms with Crippen molar-refractivity contribution in [2.24, 2.45) is 17.8 Å². The van der Waals surface area contributed by atoms with Crippen molar-refractivity contribution in [3.05, 3.63) is 12.2 Å². The fourth-order valence-electron chi connectivity index (χ4n) is 2.37. The number of alkyl halides is 1. The Hall–Kier alpha value is 0.0300. The normalized spacial score (nSPS) is 43.1. The number of halogens is 1. The van der Waals surface area contributed by atoms with Gasteiger partial charge in [-0.15, -0.1) is 11.6 Å². The Morgan fingerprint density at radius 1 is 1.30 bits per heavy atom. The summed E-state index contributed by atoms with van der Waals surface area (Å²) in [5, 5.41) is 0. The third-order valence-corrected chi connectivity index (χ3v) is 3.11. The Kier molecular flexibility index (Phi) is 1.73. The summed E-state index contributed by atoms with van der Waals surface area (Å²) in [6.07, 6.45) is 8.84. The average molecular weight is 157 g/mol. The van der Waals surface area contributed by atoms with Crippen LogP contribution in [-0.4, -0.2) is 5.88 Å². The quantitative estimate of drug-likeness (QED) is 0.426. The summed E-state index contributed by atoms with van der Waals surface area (Å²) in [6.45, 7) is 0. The van der Waals surface area contributed by atoms with Crippen molar-refractivity contribution in [2.45, 2.75) is 19.3 Å². The van der Waals surface area contributed by atoms with Crippen molar-refractivity contribution < 1.29 is 0 Å².